The number of amides is 1. The van der Waals surface area contributed by atoms with Gasteiger partial charge in [0, 0.05) is 12.6 Å². The first kappa shape index (κ1) is 11.4. The number of hydrazine groups is 1. The fraction of sp³-hybridized carbons (Fsp3) is 0.889. The second-order valence-corrected chi connectivity index (χ2v) is 3.70. The van der Waals surface area contributed by atoms with Crippen LogP contribution in [0, 0.1) is 0 Å². The lowest BCUT2D eigenvalue weighted by molar-refractivity contribution is -0.122. The number of aliphatic hydroxyl groups is 1. The summed E-state index contributed by atoms with van der Waals surface area (Å²) in [7, 11) is 0. The van der Waals surface area contributed by atoms with Gasteiger partial charge in [0.05, 0.1) is 6.54 Å². The second-order valence-electron chi connectivity index (χ2n) is 3.70. The molecule has 1 unspecified atom stereocenters. The van der Waals surface area contributed by atoms with E-state index in [0.717, 1.165) is 32.2 Å². The van der Waals surface area contributed by atoms with Crippen molar-refractivity contribution >= 4 is 5.91 Å². The van der Waals surface area contributed by atoms with Gasteiger partial charge < -0.3 is 5.11 Å². The van der Waals surface area contributed by atoms with Gasteiger partial charge in [-0.3, -0.25) is 15.1 Å². The maximum Gasteiger partial charge on any atom is 0.248 e. The molecule has 0 aromatic carbocycles. The first-order valence-electron chi connectivity index (χ1n) is 5.12. The molecule has 0 aromatic heterocycles. The molecule has 0 spiro atoms. The molecule has 0 aliphatic carbocycles. The number of hydrogen-bond acceptors (Lipinski definition) is 4. The molecule has 0 radical (unpaired) electrons. The van der Waals surface area contributed by atoms with E-state index in [9.17, 15) is 4.79 Å². The van der Waals surface area contributed by atoms with Gasteiger partial charge in [0.25, 0.3) is 0 Å². The number of carbonyl (C=O) groups excluding carboxylic acids is 1. The Morgan fingerprint density at radius 2 is 2.43 bits per heavy atom. The number of likely N-dealkylation sites (tertiary alicyclic amines) is 1. The highest BCUT2D eigenvalue weighted by Gasteiger charge is 2.25. The number of aliphatic hydroxyl groups excluding tert-OH is 1. The van der Waals surface area contributed by atoms with Crippen LogP contribution in [0.5, 0.6) is 0 Å². The lowest BCUT2D eigenvalue weighted by atomic mass is 10.1. The van der Waals surface area contributed by atoms with Crippen molar-refractivity contribution in [3.63, 3.8) is 0 Å². The van der Waals surface area contributed by atoms with Gasteiger partial charge in [-0.1, -0.05) is 0 Å². The van der Waals surface area contributed by atoms with Crippen LogP contribution >= 0.6 is 0 Å². The van der Waals surface area contributed by atoms with Crippen LogP contribution in [0.25, 0.3) is 0 Å². The van der Waals surface area contributed by atoms with E-state index in [0.29, 0.717) is 12.6 Å². The number of rotatable bonds is 5. The van der Waals surface area contributed by atoms with Crippen molar-refractivity contribution < 1.29 is 9.90 Å². The number of nitrogens with zero attached hydrogens (tertiary/aromatic N) is 1. The zero-order chi connectivity index (χ0) is 10.4. The van der Waals surface area contributed by atoms with Crippen LogP contribution in [0.1, 0.15) is 25.7 Å². The third-order valence-electron chi connectivity index (χ3n) is 2.70. The van der Waals surface area contributed by atoms with Crippen LogP contribution in [0.4, 0.5) is 0 Å². The van der Waals surface area contributed by atoms with E-state index < -0.39 is 0 Å². The van der Waals surface area contributed by atoms with Crippen molar-refractivity contribution in [1.82, 2.24) is 10.3 Å². The molecule has 5 nitrogen and oxygen atoms in total. The molecule has 1 rings (SSSR count). The molecular weight excluding hydrogens is 182 g/mol. The minimum absolute atomic E-state index is 0.138. The summed E-state index contributed by atoms with van der Waals surface area (Å²) in [5.41, 5.74) is 2.14. The van der Waals surface area contributed by atoms with Crippen molar-refractivity contribution in [2.24, 2.45) is 5.84 Å². The summed E-state index contributed by atoms with van der Waals surface area (Å²) in [6.45, 7) is 1.57. The summed E-state index contributed by atoms with van der Waals surface area (Å²) in [6, 6.07) is 0.444. The van der Waals surface area contributed by atoms with Gasteiger partial charge in [-0.25, -0.2) is 5.84 Å². The van der Waals surface area contributed by atoms with Gasteiger partial charge in [0.1, 0.15) is 0 Å². The zero-order valence-corrected chi connectivity index (χ0v) is 8.41. The van der Waals surface area contributed by atoms with Crippen LogP contribution in [0.2, 0.25) is 0 Å². The predicted molar refractivity (Wildman–Crippen MR) is 53.2 cm³/mol. The van der Waals surface area contributed by atoms with Crippen LogP contribution in [-0.2, 0) is 4.79 Å². The average Bonchev–Trinajstić information content (AvgIpc) is 2.62. The molecule has 82 valence electrons. The molecule has 1 saturated heterocycles. The summed E-state index contributed by atoms with van der Waals surface area (Å²) < 4.78 is 0. The molecule has 1 aliphatic heterocycles. The smallest absolute Gasteiger partial charge is 0.248 e. The third-order valence-corrected chi connectivity index (χ3v) is 2.70. The second kappa shape index (κ2) is 5.95. The lowest BCUT2D eigenvalue weighted by Gasteiger charge is -2.22. The summed E-state index contributed by atoms with van der Waals surface area (Å²) in [5, 5.41) is 8.72. The Bertz CT molecular complexity index is 187. The van der Waals surface area contributed by atoms with E-state index in [4.69, 9.17) is 10.9 Å². The molecule has 1 amide bonds. The summed E-state index contributed by atoms with van der Waals surface area (Å²) >= 11 is 0. The van der Waals surface area contributed by atoms with Crippen molar-refractivity contribution in [2.45, 2.75) is 31.7 Å². The van der Waals surface area contributed by atoms with Gasteiger partial charge in [0.15, 0.2) is 0 Å². The largest absolute Gasteiger partial charge is 0.396 e. The van der Waals surface area contributed by atoms with E-state index in [1.54, 1.807) is 0 Å². The van der Waals surface area contributed by atoms with Gasteiger partial charge in [-0.05, 0) is 32.2 Å². The van der Waals surface area contributed by atoms with E-state index in [1.807, 2.05) is 0 Å². The Hall–Kier alpha value is -0.650. The Kier molecular flexibility index (Phi) is 4.86. The zero-order valence-electron chi connectivity index (χ0n) is 8.41. The monoisotopic (exact) mass is 201 g/mol. The molecular formula is C9H19N3O2. The first-order valence-corrected chi connectivity index (χ1v) is 5.12. The van der Waals surface area contributed by atoms with Crippen molar-refractivity contribution in [1.29, 1.82) is 0 Å². The molecule has 4 N–H and O–H groups in total. The first-order chi connectivity index (χ1) is 6.77. The molecule has 0 aromatic rings. The standard InChI is InChI=1S/C9H19N3O2/c10-11-9(14)7-12-5-1-3-8(12)4-2-6-13/h8,13H,1-7,10H2,(H,11,14). The van der Waals surface area contributed by atoms with Crippen molar-refractivity contribution in [2.75, 3.05) is 19.7 Å². The molecule has 1 fully saturated rings. The number of hydrogen-bond donors (Lipinski definition) is 3. The molecule has 14 heavy (non-hydrogen) atoms. The van der Waals surface area contributed by atoms with E-state index in [1.165, 1.54) is 0 Å². The van der Waals surface area contributed by atoms with Gasteiger partial charge in [-0.15, -0.1) is 0 Å². The molecule has 1 heterocycles. The Labute approximate surface area is 84.2 Å². The SMILES string of the molecule is NNC(=O)CN1CCCC1CCCO. The highest BCUT2D eigenvalue weighted by atomic mass is 16.3. The number of carbonyl (C=O) groups is 1. The van der Waals surface area contributed by atoms with Crippen LogP contribution < -0.4 is 11.3 Å². The Balaban J connectivity index is 2.31. The quantitative estimate of drug-likeness (QED) is 0.309. The highest BCUT2D eigenvalue weighted by molar-refractivity contribution is 5.77. The fourth-order valence-electron chi connectivity index (χ4n) is 1.99. The van der Waals surface area contributed by atoms with Gasteiger partial charge in [0.2, 0.25) is 5.91 Å². The van der Waals surface area contributed by atoms with Crippen LogP contribution in [-0.4, -0.2) is 41.7 Å². The van der Waals surface area contributed by atoms with Crippen molar-refractivity contribution in [3.8, 4) is 0 Å². The van der Waals surface area contributed by atoms with Gasteiger partial charge >= 0.3 is 0 Å². The normalized spacial score (nSPS) is 22.6. The van der Waals surface area contributed by atoms with Crippen LogP contribution in [0.15, 0.2) is 0 Å². The van der Waals surface area contributed by atoms with Gasteiger partial charge in [-0.2, -0.15) is 0 Å². The van der Waals surface area contributed by atoms with E-state index in [2.05, 4.69) is 10.3 Å². The highest BCUT2D eigenvalue weighted by Crippen LogP contribution is 2.20. The predicted octanol–water partition coefficient (Wildman–Crippen LogP) is -0.787. The van der Waals surface area contributed by atoms with Crippen LogP contribution in [0.3, 0.4) is 0 Å². The Morgan fingerprint density at radius 1 is 1.64 bits per heavy atom. The molecule has 1 atom stereocenters. The maximum absolute atomic E-state index is 11.1. The Morgan fingerprint density at radius 3 is 3.07 bits per heavy atom. The topological polar surface area (TPSA) is 78.6 Å². The molecule has 0 saturated carbocycles. The minimum Gasteiger partial charge on any atom is -0.396 e. The molecule has 1 aliphatic rings. The third kappa shape index (κ3) is 3.25. The van der Waals surface area contributed by atoms with E-state index in [-0.39, 0.29) is 12.5 Å². The minimum atomic E-state index is -0.138. The fourth-order valence-corrected chi connectivity index (χ4v) is 1.99. The lowest BCUT2D eigenvalue weighted by Crippen LogP contribution is -2.42. The summed E-state index contributed by atoms with van der Waals surface area (Å²) in [6.07, 6.45) is 4.03. The number of nitrogens with one attached hydrogen (secondary N) is 1. The van der Waals surface area contributed by atoms with E-state index >= 15 is 0 Å². The molecule has 5 heteroatoms. The van der Waals surface area contributed by atoms with Crippen molar-refractivity contribution in [3.05, 3.63) is 0 Å². The average molecular weight is 201 g/mol. The molecule has 0 bridgehead atoms. The number of nitrogens with two attached hydrogens (primary N) is 1. The summed E-state index contributed by atoms with van der Waals surface area (Å²) in [5.74, 6) is 4.89. The maximum atomic E-state index is 11.1. The summed E-state index contributed by atoms with van der Waals surface area (Å²) in [4.78, 5) is 13.2.